The van der Waals surface area contributed by atoms with Gasteiger partial charge in [-0.3, -0.25) is 4.79 Å². The second-order valence-electron chi connectivity index (χ2n) is 12.2. The first-order chi connectivity index (χ1) is 14.6. The smallest absolute Gasteiger partial charge is 0.306 e. The van der Waals surface area contributed by atoms with Crippen molar-refractivity contribution in [1.82, 2.24) is 0 Å². The first-order valence-corrected chi connectivity index (χ1v) is 12.9. The summed E-state index contributed by atoms with van der Waals surface area (Å²) >= 11 is 0. The van der Waals surface area contributed by atoms with Crippen LogP contribution in [-0.2, 0) is 4.79 Å². The van der Waals surface area contributed by atoms with E-state index < -0.39 is 5.97 Å². The predicted molar refractivity (Wildman–Crippen MR) is 126 cm³/mol. The van der Waals surface area contributed by atoms with Crippen molar-refractivity contribution < 1.29 is 15.0 Å². The first-order valence-electron chi connectivity index (χ1n) is 12.9. The second kappa shape index (κ2) is 8.36. The third-order valence-corrected chi connectivity index (χ3v) is 10.5. The minimum absolute atomic E-state index is 0.152. The molecule has 4 aliphatic carbocycles. The molecule has 3 saturated carbocycles. The standard InChI is InChI=1S/C28H44O3/c1-17(2)18(3)6-8-22(26(30)31)24-11-10-23-21-9-7-19-16-20(29)12-14-27(19,4)25(21)13-15-28(23,24)5/h7,17,20-25,29H,3,6,8-16H2,1-2,4-5H3,(H,30,31)/t20-,21-,22+,23-,24+,25-,27-,28-/m0/s1. The molecular formula is C28H44O3. The minimum Gasteiger partial charge on any atom is -0.481 e. The fraction of sp³-hybridized carbons (Fsp3) is 0.821. The van der Waals surface area contributed by atoms with Gasteiger partial charge in [0.1, 0.15) is 0 Å². The number of carbonyl (C=O) groups is 1. The van der Waals surface area contributed by atoms with Crippen LogP contribution < -0.4 is 0 Å². The Balaban J connectivity index is 1.55. The maximum atomic E-state index is 12.4. The number of allylic oxidation sites excluding steroid dienone is 2. The van der Waals surface area contributed by atoms with E-state index in [1.807, 2.05) is 0 Å². The van der Waals surface area contributed by atoms with Gasteiger partial charge in [0, 0.05) is 0 Å². The Bertz CT molecular complexity index is 751. The highest BCUT2D eigenvalue weighted by molar-refractivity contribution is 5.70. The van der Waals surface area contributed by atoms with Crippen LogP contribution in [-0.4, -0.2) is 22.3 Å². The average molecular weight is 429 g/mol. The monoisotopic (exact) mass is 428 g/mol. The van der Waals surface area contributed by atoms with Gasteiger partial charge in [-0.25, -0.2) is 0 Å². The maximum Gasteiger partial charge on any atom is 0.306 e. The summed E-state index contributed by atoms with van der Waals surface area (Å²) in [6, 6.07) is 0. The number of carboxylic acid groups (broad SMARTS) is 1. The number of aliphatic hydroxyl groups excluding tert-OH is 1. The van der Waals surface area contributed by atoms with Crippen molar-refractivity contribution in [3.8, 4) is 0 Å². The molecule has 2 N–H and O–H groups in total. The molecule has 0 aromatic rings. The van der Waals surface area contributed by atoms with Crippen molar-refractivity contribution in [3.63, 3.8) is 0 Å². The number of fused-ring (bicyclic) bond motifs is 5. The Kier molecular flexibility index (Phi) is 6.22. The lowest BCUT2D eigenvalue weighted by Gasteiger charge is -2.58. The van der Waals surface area contributed by atoms with Gasteiger partial charge >= 0.3 is 5.97 Å². The molecule has 4 rings (SSSR count). The van der Waals surface area contributed by atoms with Crippen molar-refractivity contribution in [2.24, 2.45) is 46.3 Å². The Morgan fingerprint density at radius 3 is 2.58 bits per heavy atom. The first kappa shape index (κ1) is 23.1. The number of hydrogen-bond donors (Lipinski definition) is 2. The molecule has 174 valence electrons. The van der Waals surface area contributed by atoms with Crippen LogP contribution >= 0.6 is 0 Å². The Labute approximate surface area is 189 Å². The lowest BCUT2D eigenvalue weighted by atomic mass is 9.47. The van der Waals surface area contributed by atoms with Crippen molar-refractivity contribution in [2.45, 2.75) is 98.0 Å². The zero-order chi connectivity index (χ0) is 22.6. The van der Waals surface area contributed by atoms with Gasteiger partial charge in [0.15, 0.2) is 0 Å². The molecule has 3 fully saturated rings. The normalized spacial score (nSPS) is 42.9. The molecule has 0 radical (unpaired) electrons. The van der Waals surface area contributed by atoms with Gasteiger partial charge in [0.25, 0.3) is 0 Å². The molecule has 8 atom stereocenters. The van der Waals surface area contributed by atoms with Crippen LogP contribution in [0, 0.1) is 46.3 Å². The number of hydrogen-bond acceptors (Lipinski definition) is 2. The van der Waals surface area contributed by atoms with Gasteiger partial charge in [-0.2, -0.15) is 0 Å². The highest BCUT2D eigenvalue weighted by Gasteiger charge is 2.60. The molecule has 0 bridgehead atoms. The van der Waals surface area contributed by atoms with Crippen LogP contribution in [0.5, 0.6) is 0 Å². The quantitative estimate of drug-likeness (QED) is 0.467. The van der Waals surface area contributed by atoms with E-state index >= 15 is 0 Å². The Morgan fingerprint density at radius 1 is 1.16 bits per heavy atom. The van der Waals surface area contributed by atoms with Gasteiger partial charge in [-0.15, -0.1) is 0 Å². The van der Waals surface area contributed by atoms with Crippen molar-refractivity contribution in [1.29, 1.82) is 0 Å². The number of rotatable bonds is 6. The van der Waals surface area contributed by atoms with Gasteiger partial charge in [0.05, 0.1) is 12.0 Å². The van der Waals surface area contributed by atoms with Crippen LogP contribution in [0.4, 0.5) is 0 Å². The van der Waals surface area contributed by atoms with Crippen molar-refractivity contribution in [3.05, 3.63) is 23.8 Å². The number of carboxylic acids is 1. The summed E-state index contributed by atoms with van der Waals surface area (Å²) in [4.78, 5) is 12.4. The highest BCUT2D eigenvalue weighted by Crippen LogP contribution is 2.67. The summed E-state index contributed by atoms with van der Waals surface area (Å²) in [6.45, 7) is 13.4. The van der Waals surface area contributed by atoms with Gasteiger partial charge in [-0.1, -0.05) is 51.5 Å². The topological polar surface area (TPSA) is 57.5 Å². The van der Waals surface area contributed by atoms with E-state index in [1.165, 1.54) is 30.4 Å². The molecule has 0 amide bonds. The van der Waals surface area contributed by atoms with Crippen LogP contribution in [0.25, 0.3) is 0 Å². The van der Waals surface area contributed by atoms with E-state index in [9.17, 15) is 15.0 Å². The van der Waals surface area contributed by atoms with E-state index in [2.05, 4.69) is 40.3 Å². The lowest BCUT2D eigenvalue weighted by Crippen LogP contribution is -2.51. The fourth-order valence-corrected chi connectivity index (χ4v) is 8.47. The van der Waals surface area contributed by atoms with E-state index in [0.29, 0.717) is 29.6 Å². The van der Waals surface area contributed by atoms with Gasteiger partial charge in [-0.05, 0) is 105 Å². The highest BCUT2D eigenvalue weighted by atomic mass is 16.4. The number of aliphatic hydroxyl groups is 1. The molecule has 3 heteroatoms. The molecule has 3 nitrogen and oxygen atoms in total. The molecule has 0 aromatic heterocycles. The SMILES string of the molecule is C=C(CC[C@@H](C(=O)O)[C@H]1CC[C@H]2[C@@H]3CC=C4C[C@@H](O)CC[C@]4(C)[C@H]3CC[C@]12C)C(C)C. The fourth-order valence-electron chi connectivity index (χ4n) is 8.47. The minimum atomic E-state index is -0.593. The summed E-state index contributed by atoms with van der Waals surface area (Å²) in [5, 5.41) is 20.4. The molecule has 0 heterocycles. The molecule has 0 aromatic carbocycles. The lowest BCUT2D eigenvalue weighted by molar-refractivity contribution is -0.147. The van der Waals surface area contributed by atoms with Crippen LogP contribution in [0.1, 0.15) is 91.9 Å². The summed E-state index contributed by atoms with van der Waals surface area (Å²) in [6.07, 6.45) is 12.6. The third kappa shape index (κ3) is 3.83. The van der Waals surface area contributed by atoms with E-state index in [4.69, 9.17) is 0 Å². The van der Waals surface area contributed by atoms with E-state index in [0.717, 1.165) is 44.9 Å². The zero-order valence-corrected chi connectivity index (χ0v) is 20.2. The van der Waals surface area contributed by atoms with E-state index in [1.54, 1.807) is 0 Å². The zero-order valence-electron chi connectivity index (χ0n) is 20.2. The predicted octanol–water partition coefficient (Wildman–Crippen LogP) is 6.62. The van der Waals surface area contributed by atoms with Crippen molar-refractivity contribution in [2.75, 3.05) is 0 Å². The summed E-state index contributed by atoms with van der Waals surface area (Å²) < 4.78 is 0. The Hall–Kier alpha value is -1.09. The molecular weight excluding hydrogens is 384 g/mol. The number of aliphatic carboxylic acids is 1. The molecule has 0 aliphatic heterocycles. The van der Waals surface area contributed by atoms with Crippen LogP contribution in [0.3, 0.4) is 0 Å². The van der Waals surface area contributed by atoms with Gasteiger partial charge < -0.3 is 10.2 Å². The largest absolute Gasteiger partial charge is 0.481 e. The summed E-state index contributed by atoms with van der Waals surface area (Å²) in [7, 11) is 0. The second-order valence-corrected chi connectivity index (χ2v) is 12.2. The van der Waals surface area contributed by atoms with E-state index in [-0.39, 0.29) is 22.9 Å². The molecule has 4 aliphatic rings. The van der Waals surface area contributed by atoms with Crippen molar-refractivity contribution >= 4 is 5.97 Å². The molecule has 0 unspecified atom stereocenters. The van der Waals surface area contributed by atoms with Crippen LogP contribution in [0.15, 0.2) is 23.8 Å². The molecule has 31 heavy (non-hydrogen) atoms. The van der Waals surface area contributed by atoms with Gasteiger partial charge in [0.2, 0.25) is 0 Å². The van der Waals surface area contributed by atoms with Crippen LogP contribution in [0.2, 0.25) is 0 Å². The molecule has 0 saturated heterocycles. The maximum absolute atomic E-state index is 12.4. The molecule has 0 spiro atoms. The average Bonchev–Trinajstić information content (AvgIpc) is 3.05. The summed E-state index contributed by atoms with van der Waals surface area (Å²) in [5.41, 5.74) is 3.11. The third-order valence-electron chi connectivity index (χ3n) is 10.5. The Morgan fingerprint density at radius 2 is 1.90 bits per heavy atom. The summed E-state index contributed by atoms with van der Waals surface area (Å²) in [5.74, 6) is 1.93.